The second kappa shape index (κ2) is 6.90. The second-order valence-corrected chi connectivity index (χ2v) is 8.10. The molecule has 136 valence electrons. The van der Waals surface area contributed by atoms with Crippen molar-refractivity contribution in [1.82, 2.24) is 15.1 Å². The molecule has 1 saturated carbocycles. The Labute approximate surface area is 144 Å². The Bertz CT molecular complexity index is 460. The van der Waals surface area contributed by atoms with Gasteiger partial charge in [0.2, 0.25) is 0 Å². The molecule has 4 aliphatic rings. The highest BCUT2D eigenvalue weighted by Crippen LogP contribution is 2.38. The molecule has 0 radical (unpaired) electrons. The zero-order valence-corrected chi connectivity index (χ0v) is 14.9. The summed E-state index contributed by atoms with van der Waals surface area (Å²) in [6.07, 6.45) is 7.94. The predicted octanol–water partition coefficient (Wildman–Crippen LogP) is 0.811. The van der Waals surface area contributed by atoms with Gasteiger partial charge in [0.05, 0.1) is 19.3 Å². The van der Waals surface area contributed by atoms with Crippen LogP contribution >= 0.6 is 0 Å². The van der Waals surface area contributed by atoms with Gasteiger partial charge in [0.1, 0.15) is 6.04 Å². The van der Waals surface area contributed by atoms with Gasteiger partial charge in [-0.1, -0.05) is 12.8 Å². The van der Waals surface area contributed by atoms with Crippen LogP contribution in [0, 0.1) is 5.92 Å². The summed E-state index contributed by atoms with van der Waals surface area (Å²) in [6.45, 7) is 2.69. The number of nitrogens with zero attached hydrogens (tertiary/aromatic N) is 2. The number of likely N-dealkylation sites (tertiary alicyclic amines) is 1. The molecule has 6 nitrogen and oxygen atoms in total. The van der Waals surface area contributed by atoms with Gasteiger partial charge in [0.15, 0.2) is 0 Å². The SMILES string of the molecule is COC(=O)[C@@H]1CC2NCN(C)C2CN1CC1CC2CCCCC2O1. The number of fused-ring (bicyclic) bond motifs is 2. The Hall–Kier alpha value is -0.690. The van der Waals surface area contributed by atoms with Gasteiger partial charge in [-0.3, -0.25) is 19.9 Å². The number of carbonyl (C=O) groups is 1. The van der Waals surface area contributed by atoms with E-state index in [1.165, 1.54) is 32.8 Å². The maximum absolute atomic E-state index is 12.3. The molecule has 6 atom stereocenters. The zero-order valence-electron chi connectivity index (χ0n) is 14.9. The molecule has 4 rings (SSSR count). The largest absolute Gasteiger partial charge is 0.468 e. The fraction of sp³-hybridized carbons (Fsp3) is 0.944. The van der Waals surface area contributed by atoms with Crippen LogP contribution in [0.1, 0.15) is 38.5 Å². The third-order valence-corrected chi connectivity index (χ3v) is 6.66. The van der Waals surface area contributed by atoms with Gasteiger partial charge in [-0.05, 0) is 38.6 Å². The Kier molecular flexibility index (Phi) is 4.82. The standard InChI is InChI=1S/C18H31N3O3/c1-20-11-19-14-8-15(18(22)23-2)21(10-16(14)20)9-13-7-12-5-3-4-6-17(12)24-13/h12-17,19H,3-11H2,1-2H3/t12?,13?,14?,15-,16?,17?/m0/s1. The normalized spacial score (nSPS) is 43.4. The Morgan fingerprint density at radius 2 is 2.12 bits per heavy atom. The summed E-state index contributed by atoms with van der Waals surface area (Å²) in [5, 5.41) is 3.53. The van der Waals surface area contributed by atoms with Crippen LogP contribution in [0.2, 0.25) is 0 Å². The van der Waals surface area contributed by atoms with Crippen molar-refractivity contribution in [2.75, 3.05) is 33.9 Å². The number of carbonyl (C=O) groups excluding carboxylic acids is 1. The van der Waals surface area contributed by atoms with E-state index >= 15 is 0 Å². The number of hydrogen-bond donors (Lipinski definition) is 1. The lowest BCUT2D eigenvalue weighted by molar-refractivity contribution is -0.150. The van der Waals surface area contributed by atoms with E-state index in [2.05, 4.69) is 22.2 Å². The van der Waals surface area contributed by atoms with Gasteiger partial charge in [-0.15, -0.1) is 0 Å². The minimum atomic E-state index is -0.138. The van der Waals surface area contributed by atoms with Crippen molar-refractivity contribution in [3.8, 4) is 0 Å². The number of ether oxygens (including phenoxy) is 2. The summed E-state index contributed by atoms with van der Waals surface area (Å²) in [5.41, 5.74) is 0. The minimum Gasteiger partial charge on any atom is -0.468 e. The van der Waals surface area contributed by atoms with Crippen LogP contribution < -0.4 is 5.32 Å². The molecule has 3 heterocycles. The Morgan fingerprint density at radius 1 is 1.29 bits per heavy atom. The first-order chi connectivity index (χ1) is 11.7. The number of likely N-dealkylation sites (N-methyl/N-ethyl adjacent to an activating group) is 1. The molecule has 1 N–H and O–H groups in total. The van der Waals surface area contributed by atoms with E-state index in [0.29, 0.717) is 18.2 Å². The van der Waals surface area contributed by atoms with Crippen molar-refractivity contribution in [3.63, 3.8) is 0 Å². The number of nitrogens with one attached hydrogen (secondary N) is 1. The Balaban J connectivity index is 1.43. The maximum atomic E-state index is 12.3. The molecule has 24 heavy (non-hydrogen) atoms. The smallest absolute Gasteiger partial charge is 0.323 e. The quantitative estimate of drug-likeness (QED) is 0.769. The first-order valence-corrected chi connectivity index (χ1v) is 9.56. The summed E-state index contributed by atoms with van der Waals surface area (Å²) in [7, 11) is 3.66. The minimum absolute atomic E-state index is 0.0970. The van der Waals surface area contributed by atoms with E-state index in [4.69, 9.17) is 9.47 Å². The molecule has 4 fully saturated rings. The van der Waals surface area contributed by atoms with Gasteiger partial charge in [-0.25, -0.2) is 0 Å². The van der Waals surface area contributed by atoms with E-state index in [-0.39, 0.29) is 18.1 Å². The molecule has 6 heteroatoms. The number of piperidine rings is 1. The molecule has 0 aromatic rings. The average molecular weight is 337 g/mol. The molecular formula is C18H31N3O3. The lowest BCUT2D eigenvalue weighted by Gasteiger charge is -2.42. The lowest BCUT2D eigenvalue weighted by Crippen LogP contribution is -2.59. The van der Waals surface area contributed by atoms with Crippen molar-refractivity contribution in [2.45, 2.75) is 68.9 Å². The molecule has 0 spiro atoms. The molecule has 1 aliphatic carbocycles. The number of rotatable bonds is 3. The molecule has 0 aromatic heterocycles. The van der Waals surface area contributed by atoms with Crippen LogP contribution in [0.3, 0.4) is 0 Å². The highest BCUT2D eigenvalue weighted by Gasteiger charge is 2.45. The van der Waals surface area contributed by atoms with Gasteiger partial charge in [0.25, 0.3) is 0 Å². The van der Waals surface area contributed by atoms with Gasteiger partial charge < -0.3 is 9.47 Å². The van der Waals surface area contributed by atoms with Crippen LogP contribution in [0.25, 0.3) is 0 Å². The molecule has 0 amide bonds. The number of esters is 1. The van der Waals surface area contributed by atoms with Gasteiger partial charge >= 0.3 is 5.97 Å². The molecule has 3 saturated heterocycles. The molecule has 0 bridgehead atoms. The topological polar surface area (TPSA) is 54.0 Å². The van der Waals surface area contributed by atoms with E-state index in [1.807, 2.05) is 0 Å². The van der Waals surface area contributed by atoms with Gasteiger partial charge in [-0.2, -0.15) is 0 Å². The third kappa shape index (κ3) is 3.09. The molecule has 0 aromatic carbocycles. The van der Waals surface area contributed by atoms with Crippen LogP contribution in [-0.2, 0) is 14.3 Å². The fourth-order valence-corrected chi connectivity index (χ4v) is 5.31. The van der Waals surface area contributed by atoms with Crippen molar-refractivity contribution in [1.29, 1.82) is 0 Å². The maximum Gasteiger partial charge on any atom is 0.323 e. The lowest BCUT2D eigenvalue weighted by atomic mass is 9.85. The van der Waals surface area contributed by atoms with Crippen molar-refractivity contribution < 1.29 is 14.3 Å². The zero-order chi connectivity index (χ0) is 16.7. The molecular weight excluding hydrogens is 306 g/mol. The van der Waals surface area contributed by atoms with Crippen LogP contribution in [0.15, 0.2) is 0 Å². The average Bonchev–Trinajstić information content (AvgIpc) is 3.16. The van der Waals surface area contributed by atoms with E-state index < -0.39 is 0 Å². The second-order valence-electron chi connectivity index (χ2n) is 8.10. The van der Waals surface area contributed by atoms with Crippen molar-refractivity contribution >= 4 is 5.97 Å². The van der Waals surface area contributed by atoms with Gasteiger partial charge in [0, 0.05) is 31.8 Å². The predicted molar refractivity (Wildman–Crippen MR) is 90.6 cm³/mol. The summed E-state index contributed by atoms with van der Waals surface area (Å²) in [6, 6.07) is 0.735. The van der Waals surface area contributed by atoms with E-state index in [0.717, 1.165) is 38.5 Å². The fourth-order valence-electron chi connectivity index (χ4n) is 5.31. The van der Waals surface area contributed by atoms with E-state index in [1.54, 1.807) is 0 Å². The highest BCUT2D eigenvalue weighted by molar-refractivity contribution is 5.76. The van der Waals surface area contributed by atoms with Crippen molar-refractivity contribution in [2.24, 2.45) is 5.92 Å². The first-order valence-electron chi connectivity index (χ1n) is 9.56. The summed E-state index contributed by atoms with van der Waals surface area (Å²) >= 11 is 0. The third-order valence-electron chi connectivity index (χ3n) is 6.66. The monoisotopic (exact) mass is 337 g/mol. The Morgan fingerprint density at radius 3 is 2.92 bits per heavy atom. The summed E-state index contributed by atoms with van der Waals surface area (Å²) in [5.74, 6) is 0.647. The van der Waals surface area contributed by atoms with E-state index in [9.17, 15) is 4.79 Å². The molecule has 5 unspecified atom stereocenters. The molecule has 3 aliphatic heterocycles. The first kappa shape index (κ1) is 16.8. The summed E-state index contributed by atoms with van der Waals surface area (Å²) in [4.78, 5) is 17.0. The van der Waals surface area contributed by atoms with Crippen LogP contribution in [0.5, 0.6) is 0 Å². The highest BCUT2D eigenvalue weighted by atomic mass is 16.5. The number of methoxy groups -OCH3 is 1. The van der Waals surface area contributed by atoms with Crippen LogP contribution in [-0.4, -0.2) is 80.0 Å². The van der Waals surface area contributed by atoms with Crippen LogP contribution in [0.4, 0.5) is 0 Å². The number of hydrogen-bond acceptors (Lipinski definition) is 6. The van der Waals surface area contributed by atoms with Crippen molar-refractivity contribution in [3.05, 3.63) is 0 Å². The summed E-state index contributed by atoms with van der Waals surface area (Å²) < 4.78 is 11.4.